The van der Waals surface area contributed by atoms with Crippen LogP contribution in [0.4, 0.5) is 8.78 Å². The van der Waals surface area contributed by atoms with Gasteiger partial charge < -0.3 is 14.2 Å². The van der Waals surface area contributed by atoms with Crippen molar-refractivity contribution in [2.75, 3.05) is 7.11 Å². The zero-order valence-electron chi connectivity index (χ0n) is 14.0. The van der Waals surface area contributed by atoms with E-state index in [1.54, 1.807) is 24.3 Å². The molecule has 0 aliphatic carbocycles. The first-order valence-electron chi connectivity index (χ1n) is 7.73. The van der Waals surface area contributed by atoms with Crippen molar-refractivity contribution in [2.24, 2.45) is 4.99 Å². The molecule has 0 spiro atoms. The Labute approximate surface area is 152 Å². The summed E-state index contributed by atoms with van der Waals surface area (Å²) in [6.07, 6.45) is 1.36. The van der Waals surface area contributed by atoms with Crippen LogP contribution < -0.4 is 4.74 Å². The summed E-state index contributed by atoms with van der Waals surface area (Å²) in [5.41, 5.74) is 0.660. The lowest BCUT2D eigenvalue weighted by atomic mass is 10.1. The third-order valence-corrected chi connectivity index (χ3v) is 3.61. The van der Waals surface area contributed by atoms with Gasteiger partial charge in [0.15, 0.2) is 5.70 Å². The Kier molecular flexibility index (Phi) is 5.25. The number of hydrogen-bond donors (Lipinski definition) is 0. The second kappa shape index (κ2) is 7.77. The predicted octanol–water partition coefficient (Wildman–Crippen LogP) is 3.42. The lowest BCUT2D eigenvalue weighted by molar-refractivity contribution is -0.129. The monoisotopic (exact) mass is 373 g/mol. The van der Waals surface area contributed by atoms with Crippen molar-refractivity contribution < 1.29 is 32.6 Å². The highest BCUT2D eigenvalue weighted by Crippen LogP contribution is 2.27. The molecule has 0 amide bonds. The number of carbonyl (C=O) groups excluding carboxylic acids is 2. The standard InChI is InChI=1S/C19H13F2NO5/c1-25-17(23)12-7-3-2-6-11(12)10-14-18(24)27-16(22-14)13-8-4-5-9-15(13)26-19(20)21/h2-10,19H,1H3/b14-10-. The van der Waals surface area contributed by atoms with Gasteiger partial charge in [-0.2, -0.15) is 8.78 Å². The summed E-state index contributed by atoms with van der Waals surface area (Å²) in [6, 6.07) is 12.3. The van der Waals surface area contributed by atoms with Crippen molar-refractivity contribution in [2.45, 2.75) is 6.61 Å². The number of ether oxygens (including phenoxy) is 3. The maximum atomic E-state index is 12.6. The second-order valence-corrected chi connectivity index (χ2v) is 5.29. The Morgan fingerprint density at radius 3 is 2.59 bits per heavy atom. The molecule has 0 fully saturated rings. The van der Waals surface area contributed by atoms with Crippen LogP contribution >= 0.6 is 0 Å². The molecule has 0 N–H and O–H groups in total. The van der Waals surface area contributed by atoms with Gasteiger partial charge in [-0.15, -0.1) is 0 Å². The van der Waals surface area contributed by atoms with Crippen LogP contribution in [0.15, 0.2) is 59.2 Å². The number of methoxy groups -OCH3 is 1. The minimum Gasteiger partial charge on any atom is -0.465 e. The Bertz CT molecular complexity index is 953. The van der Waals surface area contributed by atoms with E-state index in [0.29, 0.717) is 5.56 Å². The van der Waals surface area contributed by atoms with E-state index in [-0.39, 0.29) is 28.5 Å². The fraction of sp³-hybridized carbons (Fsp3) is 0.105. The van der Waals surface area contributed by atoms with E-state index >= 15 is 0 Å². The van der Waals surface area contributed by atoms with Gasteiger partial charge >= 0.3 is 18.6 Å². The van der Waals surface area contributed by atoms with E-state index < -0.39 is 18.6 Å². The van der Waals surface area contributed by atoms with Gasteiger partial charge in [-0.05, 0) is 29.8 Å². The van der Waals surface area contributed by atoms with E-state index in [4.69, 9.17) is 9.47 Å². The van der Waals surface area contributed by atoms with E-state index in [0.717, 1.165) is 0 Å². The lowest BCUT2D eigenvalue weighted by Crippen LogP contribution is -2.10. The quantitative estimate of drug-likeness (QED) is 0.593. The van der Waals surface area contributed by atoms with Crippen molar-refractivity contribution in [1.29, 1.82) is 0 Å². The van der Waals surface area contributed by atoms with E-state index in [9.17, 15) is 18.4 Å². The van der Waals surface area contributed by atoms with Crippen LogP contribution in [-0.2, 0) is 14.3 Å². The summed E-state index contributed by atoms with van der Waals surface area (Å²) in [4.78, 5) is 28.0. The molecule has 2 aromatic carbocycles. The third kappa shape index (κ3) is 4.00. The molecule has 1 aliphatic rings. The molecule has 0 unspecified atom stereocenters. The largest absolute Gasteiger partial charge is 0.465 e. The Balaban J connectivity index is 1.99. The van der Waals surface area contributed by atoms with Crippen LogP contribution in [0.2, 0.25) is 0 Å². The van der Waals surface area contributed by atoms with Crippen molar-refractivity contribution in [3.05, 3.63) is 70.9 Å². The number of carbonyl (C=O) groups is 2. The molecule has 1 aliphatic heterocycles. The van der Waals surface area contributed by atoms with Crippen LogP contribution in [0.1, 0.15) is 21.5 Å². The molecule has 138 valence electrons. The summed E-state index contributed by atoms with van der Waals surface area (Å²) >= 11 is 0. The number of nitrogens with zero attached hydrogens (tertiary/aromatic N) is 1. The molecule has 0 saturated carbocycles. The summed E-state index contributed by atoms with van der Waals surface area (Å²) in [5.74, 6) is -1.70. The van der Waals surface area contributed by atoms with Gasteiger partial charge in [0.2, 0.25) is 5.90 Å². The maximum absolute atomic E-state index is 12.6. The summed E-state index contributed by atoms with van der Waals surface area (Å²) in [5, 5.41) is 0. The van der Waals surface area contributed by atoms with Gasteiger partial charge in [-0.1, -0.05) is 30.3 Å². The van der Waals surface area contributed by atoms with Crippen LogP contribution in [-0.4, -0.2) is 31.6 Å². The Morgan fingerprint density at radius 2 is 1.85 bits per heavy atom. The first-order chi connectivity index (χ1) is 13.0. The number of benzene rings is 2. The minimum absolute atomic E-state index is 0.0896. The highest BCUT2D eigenvalue weighted by molar-refractivity contribution is 6.14. The molecule has 6 nitrogen and oxygen atoms in total. The normalized spacial score (nSPS) is 14.9. The van der Waals surface area contributed by atoms with Crippen LogP contribution in [0.25, 0.3) is 6.08 Å². The SMILES string of the molecule is COC(=O)c1ccccc1/C=C1\N=C(c2ccccc2OC(F)F)OC1=O. The lowest BCUT2D eigenvalue weighted by Gasteiger charge is -2.08. The second-order valence-electron chi connectivity index (χ2n) is 5.29. The zero-order chi connectivity index (χ0) is 19.4. The molecule has 2 aromatic rings. The van der Waals surface area contributed by atoms with Gasteiger partial charge in [0.25, 0.3) is 0 Å². The maximum Gasteiger partial charge on any atom is 0.387 e. The Morgan fingerprint density at radius 1 is 1.15 bits per heavy atom. The topological polar surface area (TPSA) is 74.2 Å². The van der Waals surface area contributed by atoms with Gasteiger partial charge in [0.05, 0.1) is 18.2 Å². The summed E-state index contributed by atoms with van der Waals surface area (Å²) in [7, 11) is 1.24. The number of rotatable bonds is 5. The molecule has 0 aromatic heterocycles. The van der Waals surface area contributed by atoms with E-state index in [1.165, 1.54) is 37.5 Å². The van der Waals surface area contributed by atoms with Crippen molar-refractivity contribution in [3.63, 3.8) is 0 Å². The number of hydrogen-bond acceptors (Lipinski definition) is 6. The van der Waals surface area contributed by atoms with Gasteiger partial charge in [-0.25, -0.2) is 14.6 Å². The molecular weight excluding hydrogens is 360 g/mol. The number of aliphatic imine (C=N–C) groups is 1. The third-order valence-electron chi connectivity index (χ3n) is 3.61. The van der Waals surface area contributed by atoms with Gasteiger partial charge in [0.1, 0.15) is 5.75 Å². The number of alkyl halides is 2. The van der Waals surface area contributed by atoms with Crippen molar-refractivity contribution in [3.8, 4) is 5.75 Å². The Hall–Kier alpha value is -3.55. The minimum atomic E-state index is -3.04. The molecule has 27 heavy (non-hydrogen) atoms. The first-order valence-corrected chi connectivity index (χ1v) is 7.73. The highest BCUT2D eigenvalue weighted by atomic mass is 19.3. The summed E-state index contributed by atoms with van der Waals surface area (Å²) in [6.45, 7) is -3.04. The average molecular weight is 373 g/mol. The average Bonchev–Trinajstić information content (AvgIpc) is 3.02. The van der Waals surface area contributed by atoms with Gasteiger partial charge in [-0.3, -0.25) is 0 Å². The van der Waals surface area contributed by atoms with Crippen molar-refractivity contribution in [1.82, 2.24) is 0 Å². The fourth-order valence-electron chi connectivity index (χ4n) is 2.43. The molecular formula is C19H13F2NO5. The predicted molar refractivity (Wildman–Crippen MR) is 91.5 cm³/mol. The van der Waals surface area contributed by atoms with Crippen LogP contribution in [0.5, 0.6) is 5.75 Å². The fourth-order valence-corrected chi connectivity index (χ4v) is 2.43. The van der Waals surface area contributed by atoms with Crippen LogP contribution in [0, 0.1) is 0 Å². The summed E-state index contributed by atoms with van der Waals surface area (Å²) < 4.78 is 39.3. The molecule has 3 rings (SSSR count). The molecule has 0 atom stereocenters. The van der Waals surface area contributed by atoms with E-state index in [2.05, 4.69) is 9.73 Å². The van der Waals surface area contributed by atoms with Crippen LogP contribution in [0.3, 0.4) is 0 Å². The molecule has 0 radical (unpaired) electrons. The number of para-hydroxylation sites is 1. The molecule has 8 heteroatoms. The smallest absolute Gasteiger partial charge is 0.387 e. The number of esters is 2. The van der Waals surface area contributed by atoms with Crippen molar-refractivity contribution >= 4 is 23.9 Å². The number of cyclic esters (lactones) is 1. The van der Waals surface area contributed by atoms with Gasteiger partial charge in [0, 0.05) is 0 Å². The highest BCUT2D eigenvalue weighted by Gasteiger charge is 2.27. The molecule has 0 saturated heterocycles. The first kappa shape index (κ1) is 18.2. The number of halogens is 2. The zero-order valence-corrected chi connectivity index (χ0v) is 14.0. The molecule has 0 bridgehead atoms. The van der Waals surface area contributed by atoms with E-state index in [1.807, 2.05) is 0 Å². The molecule has 1 heterocycles.